The lowest BCUT2D eigenvalue weighted by Gasteiger charge is -2.39. The van der Waals surface area contributed by atoms with Gasteiger partial charge < -0.3 is 20.7 Å². The topological polar surface area (TPSA) is 87.6 Å². The molecule has 1 aromatic carbocycles. The molecule has 3 N–H and O–H groups in total. The first-order valence-corrected chi connectivity index (χ1v) is 14.3. The van der Waals surface area contributed by atoms with Crippen molar-refractivity contribution in [1.82, 2.24) is 4.90 Å². The summed E-state index contributed by atoms with van der Waals surface area (Å²) in [5.74, 6) is -0.0135. The van der Waals surface area contributed by atoms with Gasteiger partial charge in [-0.1, -0.05) is 68.1 Å². The number of ether oxygens (including phenoxy) is 1. The third-order valence-corrected chi connectivity index (χ3v) is 6.50. The van der Waals surface area contributed by atoms with E-state index < -0.39 is 11.2 Å². The summed E-state index contributed by atoms with van der Waals surface area (Å²) < 4.78 is 34.8. The van der Waals surface area contributed by atoms with Gasteiger partial charge in [-0.3, -0.25) is 0 Å². The van der Waals surface area contributed by atoms with E-state index in [0.29, 0.717) is 31.2 Å². The first kappa shape index (κ1) is 33.3. The van der Waals surface area contributed by atoms with E-state index in [2.05, 4.69) is 63.5 Å². The predicted molar refractivity (Wildman–Crippen MR) is 168 cm³/mol. The van der Waals surface area contributed by atoms with Gasteiger partial charge in [0, 0.05) is 30.1 Å². The number of halogens is 2. The molecule has 10 heteroatoms. The number of aliphatic imine (C=N–C) groups is 1. The monoisotopic (exact) mass is 574 g/mol. The molecule has 0 bridgehead atoms. The minimum absolute atomic E-state index is 0.0221. The van der Waals surface area contributed by atoms with Crippen LogP contribution in [0, 0.1) is 17.8 Å². The summed E-state index contributed by atoms with van der Waals surface area (Å²) in [4.78, 5) is 6.16. The van der Waals surface area contributed by atoms with Crippen molar-refractivity contribution >= 4 is 32.9 Å². The molecule has 220 valence electrons. The number of allylic oxidation sites excluding steroid dienone is 4. The first-order chi connectivity index (χ1) is 18.8. The molecule has 0 aromatic heterocycles. The van der Waals surface area contributed by atoms with Gasteiger partial charge in [0.25, 0.3) is 0 Å². The number of nitrogens with zero attached hydrogens (tertiary/aromatic N) is 4. The zero-order valence-corrected chi connectivity index (χ0v) is 25.9. The van der Waals surface area contributed by atoms with Crippen LogP contribution in [0.2, 0.25) is 0 Å². The average Bonchev–Trinajstić information content (AvgIpc) is 2.89. The normalized spacial score (nSPS) is 20.6. The largest absolute Gasteiger partial charge is 0.377 e. The van der Waals surface area contributed by atoms with Gasteiger partial charge in [-0.25, -0.2) is 8.78 Å². The van der Waals surface area contributed by atoms with Crippen molar-refractivity contribution in [3.8, 4) is 0 Å². The van der Waals surface area contributed by atoms with E-state index in [-0.39, 0.29) is 29.7 Å². The second-order valence-electron chi connectivity index (χ2n) is 10.7. The number of rotatable bonds is 10. The Balaban J connectivity index is 2.17. The maximum Gasteiger partial charge on any atom is 0.242 e. The van der Waals surface area contributed by atoms with Gasteiger partial charge in [0.15, 0.2) is 11.7 Å². The zero-order chi connectivity index (χ0) is 29.9. The maximum absolute atomic E-state index is 14.8. The lowest BCUT2D eigenvalue weighted by molar-refractivity contribution is 0.00932. The fourth-order valence-corrected chi connectivity index (χ4v) is 4.20. The van der Waals surface area contributed by atoms with Gasteiger partial charge in [-0.15, -0.1) is 5.10 Å². The summed E-state index contributed by atoms with van der Waals surface area (Å²) in [6, 6.07) is 7.25. The fraction of sp³-hybridized carbons (Fsp3) is 0.500. The van der Waals surface area contributed by atoms with E-state index in [4.69, 9.17) is 10.5 Å². The van der Waals surface area contributed by atoms with E-state index in [1.165, 1.54) is 13.0 Å². The van der Waals surface area contributed by atoms with Crippen LogP contribution in [0.15, 0.2) is 75.3 Å². The smallest absolute Gasteiger partial charge is 0.242 e. The molecule has 0 radical (unpaired) electrons. The molecule has 1 aliphatic heterocycles. The van der Waals surface area contributed by atoms with Crippen molar-refractivity contribution in [3.05, 3.63) is 65.7 Å². The van der Waals surface area contributed by atoms with Gasteiger partial charge >= 0.3 is 0 Å². The van der Waals surface area contributed by atoms with Crippen LogP contribution in [-0.4, -0.2) is 48.7 Å². The SMILES string of the molecule is C\C=C(F)/C(=N\C(N)=N/N=C/C(C)/C=C\C(=C/C(C)C)Nc1cccc(C(C)(F)P)c1)N1CCOCC1C(C)C. The molecule has 1 saturated heterocycles. The quantitative estimate of drug-likeness (QED) is 0.106. The summed E-state index contributed by atoms with van der Waals surface area (Å²) >= 11 is 0. The number of benzene rings is 1. The van der Waals surface area contributed by atoms with Gasteiger partial charge in [0.2, 0.25) is 5.96 Å². The molecule has 1 aromatic rings. The van der Waals surface area contributed by atoms with Crippen molar-refractivity contribution in [1.29, 1.82) is 0 Å². The summed E-state index contributed by atoms with van der Waals surface area (Å²) in [5.41, 5.74) is 8.26. The Morgan fingerprint density at radius 3 is 2.62 bits per heavy atom. The van der Waals surface area contributed by atoms with Crippen LogP contribution in [0.5, 0.6) is 0 Å². The predicted octanol–water partition coefficient (Wildman–Crippen LogP) is 6.78. The van der Waals surface area contributed by atoms with Crippen LogP contribution in [0.3, 0.4) is 0 Å². The van der Waals surface area contributed by atoms with Gasteiger partial charge in [0.05, 0.1) is 19.3 Å². The van der Waals surface area contributed by atoms with Gasteiger partial charge in [-0.2, -0.15) is 10.1 Å². The second-order valence-corrected chi connectivity index (χ2v) is 11.8. The number of nitrogens with two attached hydrogens (primary N) is 1. The Bertz CT molecular complexity index is 1150. The number of anilines is 1. The van der Waals surface area contributed by atoms with E-state index in [9.17, 15) is 8.78 Å². The molecule has 0 aliphatic carbocycles. The second kappa shape index (κ2) is 15.8. The third kappa shape index (κ3) is 10.9. The van der Waals surface area contributed by atoms with Gasteiger partial charge in [0.1, 0.15) is 5.41 Å². The van der Waals surface area contributed by atoms with Crippen LogP contribution >= 0.6 is 9.24 Å². The average molecular weight is 575 g/mol. The summed E-state index contributed by atoms with van der Waals surface area (Å²) in [7, 11) is 2.22. The molecule has 4 unspecified atom stereocenters. The van der Waals surface area contributed by atoms with Crippen molar-refractivity contribution in [2.45, 2.75) is 59.9 Å². The van der Waals surface area contributed by atoms with E-state index in [1.54, 1.807) is 25.3 Å². The number of hydrogen-bond acceptors (Lipinski definition) is 4. The maximum atomic E-state index is 14.8. The summed E-state index contributed by atoms with van der Waals surface area (Å²) in [6.45, 7) is 14.9. The first-order valence-electron chi connectivity index (χ1n) is 13.7. The molecule has 2 rings (SSSR count). The Hall–Kier alpha value is -2.90. The Labute approximate surface area is 240 Å². The lowest BCUT2D eigenvalue weighted by Crippen LogP contribution is -2.51. The van der Waals surface area contributed by atoms with Crippen LogP contribution in [0.25, 0.3) is 0 Å². The third-order valence-electron chi connectivity index (χ3n) is 6.16. The van der Waals surface area contributed by atoms with E-state index in [1.807, 2.05) is 36.1 Å². The standard InChI is InChI=1S/C30H45F2N6OP/c1-8-26(31)28(38-14-15-39-19-27(38)21(4)5)36-29(33)37-34-18-22(6)12-13-25(16-20(2)3)35-24-11-9-10-23(17-24)30(7,32)40/h8-13,16-18,20-22,27,35H,14-15,19,40H2,1-7H3,(H2,33,37)/b13-12-,25-16+,26-8+,34-18+,36-28+. The highest BCUT2D eigenvalue weighted by Gasteiger charge is 2.30. The molecule has 1 heterocycles. The van der Waals surface area contributed by atoms with Crippen LogP contribution in [0.1, 0.15) is 54.0 Å². The summed E-state index contributed by atoms with van der Waals surface area (Å²) in [6.07, 6.45) is 8.99. The minimum atomic E-state index is -1.51. The highest BCUT2D eigenvalue weighted by atomic mass is 31.0. The number of amidine groups is 1. The van der Waals surface area contributed by atoms with Crippen molar-refractivity contribution in [3.63, 3.8) is 0 Å². The lowest BCUT2D eigenvalue weighted by atomic mass is 10.0. The minimum Gasteiger partial charge on any atom is -0.377 e. The van der Waals surface area contributed by atoms with Crippen LogP contribution in [0.4, 0.5) is 14.5 Å². The zero-order valence-electron chi connectivity index (χ0n) is 24.7. The Morgan fingerprint density at radius 2 is 2.00 bits per heavy atom. The molecule has 0 spiro atoms. The molecule has 7 nitrogen and oxygen atoms in total. The van der Waals surface area contributed by atoms with Crippen LogP contribution in [-0.2, 0) is 10.1 Å². The number of nitrogens with one attached hydrogen (secondary N) is 1. The molecular formula is C30H45F2N6OP. The van der Waals surface area contributed by atoms with Crippen molar-refractivity contribution in [2.24, 2.45) is 38.7 Å². The Kier molecular flexibility index (Phi) is 13.1. The number of guanidine groups is 1. The highest BCUT2D eigenvalue weighted by Crippen LogP contribution is 2.33. The molecule has 1 fully saturated rings. The van der Waals surface area contributed by atoms with E-state index in [0.717, 1.165) is 11.4 Å². The summed E-state index contributed by atoms with van der Waals surface area (Å²) in [5, 5.41) is 9.92. The molecule has 0 amide bonds. The fourth-order valence-electron chi connectivity index (χ4n) is 4.02. The number of alkyl halides is 1. The van der Waals surface area contributed by atoms with Crippen molar-refractivity contribution < 1.29 is 13.5 Å². The highest BCUT2D eigenvalue weighted by molar-refractivity contribution is 7.18. The molecule has 40 heavy (non-hydrogen) atoms. The molecule has 0 saturated carbocycles. The molecule has 1 aliphatic rings. The van der Waals surface area contributed by atoms with E-state index >= 15 is 0 Å². The van der Waals surface area contributed by atoms with Gasteiger partial charge in [-0.05, 0) is 55.5 Å². The Morgan fingerprint density at radius 1 is 1.27 bits per heavy atom. The van der Waals surface area contributed by atoms with Crippen LogP contribution < -0.4 is 11.1 Å². The number of hydrogen-bond donors (Lipinski definition) is 2. The molecule has 4 atom stereocenters. The van der Waals surface area contributed by atoms with Crippen molar-refractivity contribution in [2.75, 3.05) is 25.1 Å². The molecular weight excluding hydrogens is 529 g/mol. The number of morpholine rings is 1.